The molecule has 4 rings (SSSR count). The summed E-state index contributed by atoms with van der Waals surface area (Å²) in [7, 11) is 1.90. The minimum absolute atomic E-state index is 0.0000947. The van der Waals surface area contributed by atoms with Gasteiger partial charge in [0, 0.05) is 44.2 Å². The van der Waals surface area contributed by atoms with E-state index in [4.69, 9.17) is 32.2 Å². The van der Waals surface area contributed by atoms with Gasteiger partial charge in [0.15, 0.2) is 11.9 Å². The fraction of sp³-hybridized carbons (Fsp3) is 0.594. The van der Waals surface area contributed by atoms with Crippen LogP contribution in [0.25, 0.3) is 0 Å². The number of aromatic nitrogens is 1. The number of hydroxylamine groups is 2. The Balaban J connectivity index is 1.46. The van der Waals surface area contributed by atoms with Crippen molar-refractivity contribution in [1.29, 1.82) is 0 Å². The highest BCUT2D eigenvalue weighted by atomic mass is 32.1. The summed E-state index contributed by atoms with van der Waals surface area (Å²) in [5.74, 6) is -2.26. The van der Waals surface area contributed by atoms with Gasteiger partial charge < -0.3 is 47.3 Å². The molecule has 1 saturated heterocycles. The number of urea groups is 1. The smallest absolute Gasteiger partial charge is 0.312 e. The van der Waals surface area contributed by atoms with Crippen molar-refractivity contribution in [3.05, 3.63) is 86.9 Å². The van der Waals surface area contributed by atoms with E-state index in [1.54, 1.807) is 76.2 Å². The predicted molar refractivity (Wildman–Crippen MR) is 330 cm³/mol. The van der Waals surface area contributed by atoms with Crippen molar-refractivity contribution in [3.8, 4) is 12.3 Å². The van der Waals surface area contributed by atoms with Crippen molar-refractivity contribution in [1.82, 2.24) is 36.2 Å². The zero-order valence-electron chi connectivity index (χ0n) is 52.3. The van der Waals surface area contributed by atoms with E-state index in [0.717, 1.165) is 36.3 Å². The lowest BCUT2D eigenvalue weighted by Gasteiger charge is -2.39. The Kier molecular flexibility index (Phi) is 29.5. The summed E-state index contributed by atoms with van der Waals surface area (Å²) >= 11 is 1.09. The number of benzene rings is 2. The van der Waals surface area contributed by atoms with Gasteiger partial charge in [-0.1, -0.05) is 103 Å². The van der Waals surface area contributed by atoms with Gasteiger partial charge in [-0.2, -0.15) is 0 Å². The molecule has 0 spiro atoms. The summed E-state index contributed by atoms with van der Waals surface area (Å²) in [6, 6.07) is 8.97. The number of nitrogens with two attached hydrogens (primary N) is 2. The molecule has 1 aromatic heterocycles. The first-order chi connectivity index (χ1) is 41.1. The zero-order chi connectivity index (χ0) is 64.5. The number of piperidine rings is 1. The SMILES string of the molecule is C#CCCCON(C(=O)[C@@H](NC(=O)[C@H]1CCCCN1C)[C@@H](C)CC)[C@H](C[C@@H](OC(C)=O)c1nc(C(=O)N[C@@H](Cc2ccc(CC(=O)OCc3ccc(CC(=O)[C@H](CCCNC(N)=O)NC(=O)[C@@H](N)C(C)C)cc3)cc2)CC(C)(C)C(=O)O)cs1)C(C)C. The maximum atomic E-state index is 14.9. The number of nitrogens with one attached hydrogen (secondary N) is 4. The van der Waals surface area contributed by atoms with Crippen LogP contribution in [-0.2, 0) is 73.7 Å². The summed E-state index contributed by atoms with van der Waals surface area (Å²) in [6.07, 6.45) is 9.37. The first-order valence-electron chi connectivity index (χ1n) is 30.1. The Labute approximate surface area is 516 Å². The number of ether oxygens (including phenoxy) is 2. The van der Waals surface area contributed by atoms with Crippen LogP contribution in [0.3, 0.4) is 0 Å². The number of hydrogen-bond donors (Lipinski definition) is 7. The number of carboxylic acid groups (broad SMARTS) is 1. The van der Waals surface area contributed by atoms with Crippen molar-refractivity contribution < 1.29 is 62.6 Å². The van der Waals surface area contributed by atoms with Crippen molar-refractivity contribution in [2.24, 2.45) is 34.6 Å². The molecule has 2 heterocycles. The molecule has 9 N–H and O–H groups in total. The molecule has 478 valence electrons. The number of nitrogens with zero attached hydrogens (tertiary/aromatic N) is 3. The van der Waals surface area contributed by atoms with Gasteiger partial charge in [0.1, 0.15) is 23.4 Å². The van der Waals surface area contributed by atoms with E-state index in [1.165, 1.54) is 17.4 Å². The fourth-order valence-electron chi connectivity index (χ4n) is 10.0. The maximum absolute atomic E-state index is 14.9. The van der Waals surface area contributed by atoms with Gasteiger partial charge in [-0.25, -0.2) is 14.8 Å². The molecule has 1 fully saturated rings. The van der Waals surface area contributed by atoms with E-state index in [-0.39, 0.29) is 104 Å². The van der Waals surface area contributed by atoms with Crippen LogP contribution >= 0.6 is 11.3 Å². The van der Waals surface area contributed by atoms with Gasteiger partial charge in [-0.3, -0.25) is 48.1 Å². The number of thiazole rings is 1. The first-order valence-corrected chi connectivity index (χ1v) is 31.0. The lowest BCUT2D eigenvalue weighted by atomic mass is 9.83. The normalized spacial score (nSPS) is 16.0. The van der Waals surface area contributed by atoms with Gasteiger partial charge in [0.05, 0.1) is 42.6 Å². The number of terminal acetylenes is 1. The maximum Gasteiger partial charge on any atom is 0.312 e. The number of rotatable bonds is 36. The fourth-order valence-corrected chi connectivity index (χ4v) is 10.8. The summed E-state index contributed by atoms with van der Waals surface area (Å²) in [4.78, 5) is 131. The third kappa shape index (κ3) is 23.7. The number of ketones is 1. The molecule has 0 unspecified atom stereocenters. The van der Waals surface area contributed by atoms with Gasteiger partial charge in [0.25, 0.3) is 11.8 Å². The number of aliphatic carboxylic acids is 1. The molecule has 22 nitrogen and oxygen atoms in total. The Morgan fingerprint density at radius 3 is 2.13 bits per heavy atom. The van der Waals surface area contributed by atoms with Crippen molar-refractivity contribution in [2.75, 3.05) is 26.7 Å². The number of Topliss-reactive ketones (excluding diaryl/α,β-unsaturated/α-hetero) is 1. The number of carbonyl (C=O) groups is 9. The highest BCUT2D eigenvalue weighted by molar-refractivity contribution is 7.09. The molecule has 0 radical (unpaired) electrons. The molecule has 87 heavy (non-hydrogen) atoms. The van der Waals surface area contributed by atoms with E-state index in [0.29, 0.717) is 48.8 Å². The van der Waals surface area contributed by atoms with E-state index >= 15 is 0 Å². The molecule has 1 aliphatic rings. The lowest BCUT2D eigenvalue weighted by Crippen LogP contribution is -2.58. The molecule has 8 atom stereocenters. The van der Waals surface area contributed by atoms with Crippen LogP contribution in [0.4, 0.5) is 4.79 Å². The number of likely N-dealkylation sites (tertiary alicyclic amines) is 1. The second-order valence-corrected chi connectivity index (χ2v) is 24.9. The standard InChI is InChI=1S/C64H93N9O13S/c1-12-14-17-31-85-73(61(80)56(41(7)13-2)71-58(78)50-20-15-16-30-72(50)11)51(39(3)4)35-53(86-42(8)74)60-70-49(38-87-60)57(77)68-47(36-64(9,10)62(81)82)32-43-21-23-45(24-22-43)34-54(76)84-37-46-27-25-44(26-28-46)33-52(75)48(19-18-29-67-63(66)83)69-59(79)55(65)40(5)6/h1,21-28,38-41,47-48,50-51,53,55-56H,13-20,29-37,65H2,2-11H3,(H,68,77)(H,69,79)(H,71,78)(H,81,82)(H3,66,67,83)/t41-,47-,48-,50+,51+,53+,55-,56-/m0/s1. The topological polar surface area (TPSA) is 321 Å². The van der Waals surface area contributed by atoms with E-state index < -0.39 is 83.4 Å². The number of esters is 2. The minimum Gasteiger partial charge on any atom is -0.481 e. The Bertz CT molecular complexity index is 2820. The number of hydrogen-bond acceptors (Lipinski definition) is 16. The number of carbonyl (C=O) groups excluding carboxylic acids is 8. The van der Waals surface area contributed by atoms with E-state index in [1.807, 2.05) is 39.6 Å². The summed E-state index contributed by atoms with van der Waals surface area (Å²) in [6.45, 7) is 16.7. The van der Waals surface area contributed by atoms with Crippen molar-refractivity contribution >= 4 is 64.7 Å². The second kappa shape index (κ2) is 35.5. The van der Waals surface area contributed by atoms with Crippen LogP contribution in [0.5, 0.6) is 0 Å². The third-order valence-electron chi connectivity index (χ3n) is 15.6. The van der Waals surface area contributed by atoms with Crippen LogP contribution in [0, 0.1) is 35.5 Å². The highest BCUT2D eigenvalue weighted by Crippen LogP contribution is 2.33. The van der Waals surface area contributed by atoms with Crippen LogP contribution in [0.15, 0.2) is 53.9 Å². The van der Waals surface area contributed by atoms with Gasteiger partial charge >= 0.3 is 23.9 Å². The number of unbranched alkanes of at least 4 members (excludes halogenated alkanes) is 1. The van der Waals surface area contributed by atoms with Crippen LogP contribution < -0.4 is 32.7 Å². The van der Waals surface area contributed by atoms with E-state index in [9.17, 15) is 48.3 Å². The van der Waals surface area contributed by atoms with Crippen LogP contribution in [0.1, 0.15) is 170 Å². The average Bonchev–Trinajstić information content (AvgIpc) is 3.41. The molecule has 3 aromatic rings. The molecule has 0 aliphatic carbocycles. The summed E-state index contributed by atoms with van der Waals surface area (Å²) < 4.78 is 11.5. The third-order valence-corrected chi connectivity index (χ3v) is 16.6. The Morgan fingerprint density at radius 2 is 1.54 bits per heavy atom. The minimum atomic E-state index is -1.26. The Morgan fingerprint density at radius 1 is 0.897 bits per heavy atom. The molecular weight excluding hydrogens is 1130 g/mol. The largest absolute Gasteiger partial charge is 0.481 e. The summed E-state index contributed by atoms with van der Waals surface area (Å²) in [5, 5.41) is 24.6. The van der Waals surface area contributed by atoms with Gasteiger partial charge in [0.2, 0.25) is 11.8 Å². The van der Waals surface area contributed by atoms with Crippen LogP contribution in [0.2, 0.25) is 0 Å². The van der Waals surface area contributed by atoms with Crippen molar-refractivity contribution in [2.45, 2.75) is 195 Å². The van der Waals surface area contributed by atoms with E-state index in [2.05, 4.69) is 32.2 Å². The highest BCUT2D eigenvalue weighted by Gasteiger charge is 2.40. The van der Waals surface area contributed by atoms with Crippen molar-refractivity contribution in [3.63, 3.8) is 0 Å². The summed E-state index contributed by atoms with van der Waals surface area (Å²) in [5.41, 5.74) is 12.7. The number of primary amides is 1. The molecule has 2 aromatic carbocycles. The quantitative estimate of drug-likeness (QED) is 0.0141. The monoisotopic (exact) mass is 1230 g/mol. The molecular formula is C64H93N9O13S. The molecule has 1 aliphatic heterocycles. The lowest BCUT2D eigenvalue weighted by molar-refractivity contribution is -0.213. The number of likely N-dealkylation sites (N-methyl/N-ethyl adjacent to an activating group) is 1. The molecule has 23 heteroatoms. The molecule has 6 amide bonds. The van der Waals surface area contributed by atoms with Gasteiger partial charge in [-0.15, -0.1) is 23.7 Å². The predicted octanol–water partition coefficient (Wildman–Crippen LogP) is 6.51. The number of carboxylic acids is 1. The number of amides is 6. The van der Waals surface area contributed by atoms with Gasteiger partial charge in [-0.05, 0) is 112 Å². The Hall–Kier alpha value is -7.26. The van der Waals surface area contributed by atoms with Crippen LogP contribution in [-0.4, -0.2) is 136 Å². The average molecular weight is 1230 g/mol. The second-order valence-electron chi connectivity index (χ2n) is 24.0. The zero-order valence-corrected chi connectivity index (χ0v) is 53.1. The molecule has 0 bridgehead atoms. The first kappa shape index (κ1) is 72.2. The molecule has 0 saturated carbocycles.